The first-order valence-electron chi connectivity index (χ1n) is 8.11. The van der Waals surface area contributed by atoms with Crippen LogP contribution in [0.25, 0.3) is 0 Å². The highest BCUT2D eigenvalue weighted by Gasteiger charge is 2.13. The first-order chi connectivity index (χ1) is 12.0. The fourth-order valence-electron chi connectivity index (χ4n) is 2.49. The lowest BCUT2D eigenvalue weighted by molar-refractivity contribution is -0.127. The molecule has 4 nitrogen and oxygen atoms in total. The molecule has 0 saturated carbocycles. The second kappa shape index (κ2) is 9.37. The summed E-state index contributed by atoms with van der Waals surface area (Å²) in [5.74, 6) is 2.88. The number of carbonyl (C=O) groups is 1. The van der Waals surface area contributed by atoms with Crippen molar-refractivity contribution >= 4 is 17.7 Å². The average Bonchev–Trinajstić information content (AvgIpc) is 2.62. The van der Waals surface area contributed by atoms with Crippen molar-refractivity contribution < 1.29 is 14.3 Å². The zero-order chi connectivity index (χ0) is 18.2. The molecule has 25 heavy (non-hydrogen) atoms. The highest BCUT2D eigenvalue weighted by molar-refractivity contribution is 7.99. The summed E-state index contributed by atoms with van der Waals surface area (Å²) >= 11 is 1.64. The molecule has 0 radical (unpaired) electrons. The van der Waals surface area contributed by atoms with Gasteiger partial charge in [-0.2, -0.15) is 0 Å². The van der Waals surface area contributed by atoms with E-state index in [1.807, 2.05) is 25.2 Å². The number of carbonyl (C=O) groups excluding carboxylic acids is 1. The van der Waals surface area contributed by atoms with Crippen LogP contribution in [0.1, 0.15) is 16.7 Å². The van der Waals surface area contributed by atoms with Crippen molar-refractivity contribution in [2.75, 3.05) is 27.0 Å². The largest absolute Gasteiger partial charge is 0.497 e. The molecule has 0 heterocycles. The highest BCUT2D eigenvalue weighted by atomic mass is 32.2. The Bertz CT molecular complexity index is 718. The predicted molar refractivity (Wildman–Crippen MR) is 103 cm³/mol. The van der Waals surface area contributed by atoms with Crippen LogP contribution >= 0.6 is 11.8 Å². The third-order valence-corrected chi connectivity index (χ3v) is 4.89. The van der Waals surface area contributed by atoms with Crippen molar-refractivity contribution in [2.45, 2.75) is 19.2 Å². The van der Waals surface area contributed by atoms with Gasteiger partial charge in [-0.05, 0) is 24.6 Å². The molecule has 0 aliphatic rings. The molecule has 0 atom stereocenters. The van der Waals surface area contributed by atoms with Crippen LogP contribution in [0.3, 0.4) is 0 Å². The Morgan fingerprint density at radius 3 is 2.60 bits per heavy atom. The number of rotatable bonds is 8. The number of thioether (sulfide) groups is 1. The molecular formula is C20H25NO3S. The standard InChI is InChI=1S/C20H25NO3S/c1-15-6-5-7-16(10-15)13-25-14-20(22)21(2)12-17-8-9-18(23-3)11-19(17)24-4/h5-11H,12-14H2,1-4H3. The molecule has 134 valence electrons. The average molecular weight is 359 g/mol. The van der Waals surface area contributed by atoms with E-state index in [2.05, 4.69) is 31.2 Å². The van der Waals surface area contributed by atoms with E-state index in [1.54, 1.807) is 30.9 Å². The van der Waals surface area contributed by atoms with Crippen molar-refractivity contribution in [1.29, 1.82) is 0 Å². The van der Waals surface area contributed by atoms with E-state index in [1.165, 1.54) is 11.1 Å². The summed E-state index contributed by atoms with van der Waals surface area (Å²) in [7, 11) is 5.06. The molecule has 0 saturated heterocycles. The SMILES string of the molecule is COc1ccc(CN(C)C(=O)CSCc2cccc(C)c2)c(OC)c1. The molecule has 0 aliphatic carbocycles. The van der Waals surface area contributed by atoms with Gasteiger partial charge in [0.15, 0.2) is 0 Å². The molecule has 0 bridgehead atoms. The number of hydrogen-bond acceptors (Lipinski definition) is 4. The smallest absolute Gasteiger partial charge is 0.232 e. The van der Waals surface area contributed by atoms with E-state index in [-0.39, 0.29) is 5.91 Å². The van der Waals surface area contributed by atoms with E-state index in [4.69, 9.17) is 9.47 Å². The van der Waals surface area contributed by atoms with Gasteiger partial charge >= 0.3 is 0 Å². The summed E-state index contributed by atoms with van der Waals surface area (Å²) in [6.07, 6.45) is 0. The Morgan fingerprint density at radius 2 is 1.92 bits per heavy atom. The number of amides is 1. The summed E-state index contributed by atoms with van der Waals surface area (Å²) in [4.78, 5) is 14.1. The molecule has 2 rings (SSSR count). The maximum absolute atomic E-state index is 12.4. The predicted octanol–water partition coefficient (Wildman–Crippen LogP) is 3.90. The summed E-state index contributed by atoms with van der Waals surface area (Å²) < 4.78 is 10.6. The Labute approximate surface area is 154 Å². The number of nitrogens with zero attached hydrogens (tertiary/aromatic N) is 1. The molecule has 0 aromatic heterocycles. The molecule has 2 aromatic carbocycles. The van der Waals surface area contributed by atoms with Crippen molar-refractivity contribution in [2.24, 2.45) is 0 Å². The summed E-state index contributed by atoms with van der Waals surface area (Å²) in [6, 6.07) is 14.0. The molecule has 0 fully saturated rings. The number of ether oxygens (including phenoxy) is 2. The van der Waals surface area contributed by atoms with E-state index in [0.29, 0.717) is 12.3 Å². The number of benzene rings is 2. The van der Waals surface area contributed by atoms with Gasteiger partial charge in [0.25, 0.3) is 0 Å². The normalized spacial score (nSPS) is 10.4. The van der Waals surface area contributed by atoms with E-state index in [9.17, 15) is 4.79 Å². The van der Waals surface area contributed by atoms with Crippen LogP contribution in [0.2, 0.25) is 0 Å². The second-order valence-electron chi connectivity index (χ2n) is 5.91. The molecule has 5 heteroatoms. The fraction of sp³-hybridized carbons (Fsp3) is 0.350. The van der Waals surface area contributed by atoms with Gasteiger partial charge in [-0.3, -0.25) is 4.79 Å². The minimum atomic E-state index is 0.107. The Kier molecular flexibility index (Phi) is 7.19. The molecule has 0 aliphatic heterocycles. The van der Waals surface area contributed by atoms with Crippen molar-refractivity contribution in [3.63, 3.8) is 0 Å². The van der Waals surface area contributed by atoms with Crippen LogP contribution in [0, 0.1) is 6.92 Å². The lowest BCUT2D eigenvalue weighted by Gasteiger charge is -2.19. The summed E-state index contributed by atoms with van der Waals surface area (Å²) in [5.41, 5.74) is 3.45. The zero-order valence-corrected chi connectivity index (χ0v) is 16.1. The Balaban J connectivity index is 1.87. The maximum atomic E-state index is 12.4. The van der Waals surface area contributed by atoms with Gasteiger partial charge in [-0.25, -0.2) is 0 Å². The van der Waals surface area contributed by atoms with Crippen LogP contribution in [-0.4, -0.2) is 37.8 Å². The van der Waals surface area contributed by atoms with E-state index < -0.39 is 0 Å². The fourth-order valence-corrected chi connectivity index (χ4v) is 3.41. The second-order valence-corrected chi connectivity index (χ2v) is 6.90. The van der Waals surface area contributed by atoms with Gasteiger partial charge in [0.2, 0.25) is 5.91 Å². The van der Waals surface area contributed by atoms with Gasteiger partial charge in [0, 0.05) is 31.0 Å². The van der Waals surface area contributed by atoms with Crippen molar-refractivity contribution in [3.05, 3.63) is 59.2 Å². The number of hydrogen-bond donors (Lipinski definition) is 0. The Hall–Kier alpha value is -2.14. The van der Waals surface area contributed by atoms with Crippen LogP contribution in [0.15, 0.2) is 42.5 Å². The summed E-state index contributed by atoms with van der Waals surface area (Å²) in [6.45, 7) is 2.59. The topological polar surface area (TPSA) is 38.8 Å². The minimum absolute atomic E-state index is 0.107. The third kappa shape index (κ3) is 5.71. The van der Waals surface area contributed by atoms with Gasteiger partial charge < -0.3 is 14.4 Å². The van der Waals surface area contributed by atoms with Crippen molar-refractivity contribution in [1.82, 2.24) is 4.90 Å². The van der Waals surface area contributed by atoms with Crippen LogP contribution < -0.4 is 9.47 Å². The van der Waals surface area contributed by atoms with E-state index >= 15 is 0 Å². The number of methoxy groups -OCH3 is 2. The number of aryl methyl sites for hydroxylation is 1. The molecular weight excluding hydrogens is 334 g/mol. The zero-order valence-electron chi connectivity index (χ0n) is 15.2. The van der Waals surface area contributed by atoms with Gasteiger partial charge in [-0.15, -0.1) is 11.8 Å². The van der Waals surface area contributed by atoms with Gasteiger partial charge in [0.05, 0.1) is 20.0 Å². The van der Waals surface area contributed by atoms with Crippen LogP contribution in [-0.2, 0) is 17.1 Å². The first kappa shape index (κ1) is 19.2. The van der Waals surface area contributed by atoms with E-state index in [0.717, 1.165) is 22.8 Å². The monoisotopic (exact) mass is 359 g/mol. The lowest BCUT2D eigenvalue weighted by atomic mass is 10.2. The highest BCUT2D eigenvalue weighted by Crippen LogP contribution is 2.25. The quantitative estimate of drug-likeness (QED) is 0.716. The lowest BCUT2D eigenvalue weighted by Crippen LogP contribution is -2.28. The van der Waals surface area contributed by atoms with Gasteiger partial charge in [0.1, 0.15) is 11.5 Å². The molecule has 2 aromatic rings. The van der Waals surface area contributed by atoms with Crippen LogP contribution in [0.5, 0.6) is 11.5 Å². The summed E-state index contributed by atoms with van der Waals surface area (Å²) in [5, 5.41) is 0. The van der Waals surface area contributed by atoms with Crippen molar-refractivity contribution in [3.8, 4) is 11.5 Å². The van der Waals surface area contributed by atoms with Crippen LogP contribution in [0.4, 0.5) is 0 Å². The molecule has 1 amide bonds. The molecule has 0 N–H and O–H groups in total. The first-order valence-corrected chi connectivity index (χ1v) is 9.27. The third-order valence-electron chi connectivity index (χ3n) is 3.90. The Morgan fingerprint density at radius 1 is 1.12 bits per heavy atom. The van der Waals surface area contributed by atoms with Gasteiger partial charge in [-0.1, -0.05) is 29.8 Å². The maximum Gasteiger partial charge on any atom is 0.232 e. The minimum Gasteiger partial charge on any atom is -0.497 e. The molecule has 0 unspecified atom stereocenters. The molecule has 0 spiro atoms.